The van der Waals surface area contributed by atoms with Crippen molar-refractivity contribution in [2.45, 2.75) is 26.3 Å². The van der Waals surface area contributed by atoms with Gasteiger partial charge in [0.15, 0.2) is 0 Å². The normalized spacial score (nSPS) is 16.1. The first-order chi connectivity index (χ1) is 12.5. The lowest BCUT2D eigenvalue weighted by Gasteiger charge is -2.29. The zero-order valence-electron chi connectivity index (χ0n) is 14.7. The minimum atomic E-state index is -3.29. The fourth-order valence-corrected chi connectivity index (χ4v) is 4.66. The number of urea groups is 1. The predicted molar refractivity (Wildman–Crippen MR) is 104 cm³/mol. The molecule has 0 saturated carbocycles. The molecule has 2 N–H and O–H groups in total. The molecule has 2 aromatic rings. The summed E-state index contributed by atoms with van der Waals surface area (Å²) in [6.45, 7) is 2.78. The van der Waals surface area contributed by atoms with E-state index in [2.05, 4.69) is 10.6 Å². The lowest BCUT2D eigenvalue weighted by atomic mass is 10.1. The third kappa shape index (κ3) is 4.35. The van der Waals surface area contributed by atoms with Gasteiger partial charge >= 0.3 is 6.03 Å². The van der Waals surface area contributed by atoms with Crippen molar-refractivity contribution in [3.8, 4) is 0 Å². The number of nitrogens with zero attached hydrogens (tertiary/aromatic N) is 1. The topological polar surface area (TPSA) is 78.5 Å². The van der Waals surface area contributed by atoms with E-state index < -0.39 is 10.0 Å². The van der Waals surface area contributed by atoms with Crippen molar-refractivity contribution in [2.24, 2.45) is 0 Å². The Morgan fingerprint density at radius 1 is 1.12 bits per heavy atom. The number of carbonyl (C=O) groups is 1. The molecule has 1 aliphatic rings. The van der Waals surface area contributed by atoms with Crippen LogP contribution in [0.3, 0.4) is 0 Å². The second-order valence-corrected chi connectivity index (χ2v) is 8.40. The van der Waals surface area contributed by atoms with E-state index in [9.17, 15) is 13.2 Å². The van der Waals surface area contributed by atoms with Crippen LogP contribution in [0.25, 0.3) is 0 Å². The van der Waals surface area contributed by atoms with Gasteiger partial charge in [-0.3, -0.25) is 4.31 Å². The van der Waals surface area contributed by atoms with Crippen LogP contribution in [0.2, 0.25) is 0 Å². The van der Waals surface area contributed by atoms with E-state index in [1.807, 2.05) is 43.3 Å². The van der Waals surface area contributed by atoms with Crippen molar-refractivity contribution in [1.29, 1.82) is 0 Å². The first-order valence-electron chi connectivity index (χ1n) is 8.65. The second-order valence-electron chi connectivity index (χ2n) is 6.39. The minimum Gasteiger partial charge on any atom is -0.334 e. The molecular formula is C19H23N3O3S. The van der Waals surface area contributed by atoms with Crippen molar-refractivity contribution < 1.29 is 13.2 Å². The van der Waals surface area contributed by atoms with Crippen molar-refractivity contribution in [3.05, 3.63) is 59.7 Å². The molecular weight excluding hydrogens is 350 g/mol. The molecule has 0 spiro atoms. The van der Waals surface area contributed by atoms with E-state index in [0.717, 1.165) is 17.5 Å². The molecule has 6 nitrogen and oxygen atoms in total. The molecule has 1 aliphatic heterocycles. The smallest absolute Gasteiger partial charge is 0.319 e. The van der Waals surface area contributed by atoms with Crippen LogP contribution in [0, 0.1) is 6.92 Å². The van der Waals surface area contributed by atoms with Crippen molar-refractivity contribution in [3.63, 3.8) is 0 Å². The van der Waals surface area contributed by atoms with Crippen LogP contribution in [0.5, 0.6) is 0 Å². The standard InChI is InChI=1S/C19H23N3O3S/c1-15-9-10-17(13-18(15)22-11-5-6-12-26(22,24)25)21-19(23)20-14-16-7-3-2-4-8-16/h2-4,7-10,13H,5-6,11-12,14H2,1H3,(H2,20,21,23). The summed E-state index contributed by atoms with van der Waals surface area (Å²) in [4.78, 5) is 12.1. The lowest BCUT2D eigenvalue weighted by Crippen LogP contribution is -2.38. The molecule has 0 atom stereocenters. The number of hydrogen-bond acceptors (Lipinski definition) is 3. The van der Waals surface area contributed by atoms with Gasteiger partial charge in [0.25, 0.3) is 0 Å². The van der Waals surface area contributed by atoms with Crippen LogP contribution in [-0.2, 0) is 16.6 Å². The summed E-state index contributed by atoms with van der Waals surface area (Å²) in [5.41, 5.74) is 3.07. The minimum absolute atomic E-state index is 0.168. The van der Waals surface area contributed by atoms with Crippen LogP contribution in [-0.4, -0.2) is 26.7 Å². The Balaban J connectivity index is 1.70. The van der Waals surface area contributed by atoms with Gasteiger partial charge in [-0.05, 0) is 43.0 Å². The number of amides is 2. The SMILES string of the molecule is Cc1ccc(NC(=O)NCc2ccccc2)cc1N1CCCCS1(=O)=O. The molecule has 3 rings (SSSR count). The number of aryl methyl sites for hydroxylation is 1. The van der Waals surface area contributed by atoms with Crippen LogP contribution in [0.1, 0.15) is 24.0 Å². The van der Waals surface area contributed by atoms with E-state index >= 15 is 0 Å². The zero-order valence-corrected chi connectivity index (χ0v) is 15.6. The molecule has 1 saturated heterocycles. The third-order valence-corrected chi connectivity index (χ3v) is 6.24. The molecule has 0 bridgehead atoms. The van der Waals surface area contributed by atoms with Gasteiger partial charge in [0.1, 0.15) is 0 Å². The molecule has 2 amide bonds. The molecule has 7 heteroatoms. The summed E-state index contributed by atoms with van der Waals surface area (Å²) in [5.74, 6) is 0.168. The number of nitrogens with one attached hydrogen (secondary N) is 2. The first kappa shape index (κ1) is 18.3. The summed E-state index contributed by atoms with van der Waals surface area (Å²) >= 11 is 0. The highest BCUT2D eigenvalue weighted by atomic mass is 32.2. The molecule has 2 aromatic carbocycles. The Morgan fingerprint density at radius 3 is 2.62 bits per heavy atom. The van der Waals surface area contributed by atoms with E-state index in [4.69, 9.17) is 0 Å². The molecule has 0 radical (unpaired) electrons. The Morgan fingerprint density at radius 2 is 1.88 bits per heavy atom. The Bertz CT molecular complexity index is 882. The Kier molecular flexibility index (Phi) is 5.46. The summed E-state index contributed by atoms with van der Waals surface area (Å²) in [5, 5.41) is 5.57. The number of benzene rings is 2. The van der Waals surface area contributed by atoms with Gasteiger partial charge in [0, 0.05) is 18.8 Å². The van der Waals surface area contributed by atoms with Crippen molar-refractivity contribution >= 4 is 27.4 Å². The van der Waals surface area contributed by atoms with Crippen LogP contribution in [0.4, 0.5) is 16.2 Å². The van der Waals surface area contributed by atoms with Crippen molar-refractivity contribution in [1.82, 2.24) is 5.32 Å². The number of anilines is 2. The van der Waals surface area contributed by atoms with E-state index in [1.54, 1.807) is 12.1 Å². The lowest BCUT2D eigenvalue weighted by molar-refractivity contribution is 0.251. The van der Waals surface area contributed by atoms with E-state index in [1.165, 1.54) is 4.31 Å². The Hall–Kier alpha value is -2.54. The second kappa shape index (κ2) is 7.78. The fourth-order valence-electron chi connectivity index (χ4n) is 2.97. The van der Waals surface area contributed by atoms with Crippen LogP contribution in [0.15, 0.2) is 48.5 Å². The summed E-state index contributed by atoms with van der Waals surface area (Å²) in [6.07, 6.45) is 1.53. The fraction of sp³-hybridized carbons (Fsp3) is 0.316. The molecule has 0 unspecified atom stereocenters. The average molecular weight is 373 g/mol. The van der Waals surface area contributed by atoms with Gasteiger partial charge in [-0.25, -0.2) is 13.2 Å². The van der Waals surface area contributed by atoms with Gasteiger partial charge in [-0.2, -0.15) is 0 Å². The van der Waals surface area contributed by atoms with Crippen LogP contribution < -0.4 is 14.9 Å². The molecule has 1 heterocycles. The summed E-state index contributed by atoms with van der Waals surface area (Å²) in [6, 6.07) is 14.6. The Labute approximate surface area is 154 Å². The summed E-state index contributed by atoms with van der Waals surface area (Å²) < 4.78 is 26.2. The van der Waals surface area contributed by atoms with Gasteiger partial charge < -0.3 is 10.6 Å². The highest BCUT2D eigenvalue weighted by molar-refractivity contribution is 7.92. The zero-order chi connectivity index (χ0) is 18.6. The highest BCUT2D eigenvalue weighted by Crippen LogP contribution is 2.29. The van der Waals surface area contributed by atoms with E-state index in [0.29, 0.717) is 30.9 Å². The average Bonchev–Trinajstić information content (AvgIpc) is 2.62. The van der Waals surface area contributed by atoms with Gasteiger partial charge in [-0.15, -0.1) is 0 Å². The summed E-state index contributed by atoms with van der Waals surface area (Å²) in [7, 11) is -3.29. The monoisotopic (exact) mass is 373 g/mol. The largest absolute Gasteiger partial charge is 0.334 e. The van der Waals surface area contributed by atoms with Gasteiger partial charge in [0.2, 0.25) is 10.0 Å². The maximum absolute atomic E-state index is 12.4. The molecule has 1 fully saturated rings. The van der Waals surface area contributed by atoms with Gasteiger partial charge in [0.05, 0.1) is 11.4 Å². The predicted octanol–water partition coefficient (Wildman–Crippen LogP) is 3.25. The quantitative estimate of drug-likeness (QED) is 0.863. The molecule has 0 aliphatic carbocycles. The highest BCUT2D eigenvalue weighted by Gasteiger charge is 2.27. The number of rotatable bonds is 4. The first-order valence-corrected chi connectivity index (χ1v) is 10.3. The third-order valence-electron chi connectivity index (χ3n) is 4.38. The maximum Gasteiger partial charge on any atom is 0.319 e. The number of hydrogen-bond donors (Lipinski definition) is 2. The van der Waals surface area contributed by atoms with E-state index in [-0.39, 0.29) is 11.8 Å². The molecule has 0 aromatic heterocycles. The maximum atomic E-state index is 12.4. The van der Waals surface area contributed by atoms with Crippen molar-refractivity contribution in [2.75, 3.05) is 21.9 Å². The van der Waals surface area contributed by atoms with Crippen LogP contribution >= 0.6 is 0 Å². The number of sulfonamides is 1. The van der Waals surface area contributed by atoms with Gasteiger partial charge in [-0.1, -0.05) is 36.4 Å². The number of carbonyl (C=O) groups excluding carboxylic acids is 1. The molecule has 138 valence electrons. The molecule has 26 heavy (non-hydrogen) atoms.